The van der Waals surface area contributed by atoms with Crippen molar-refractivity contribution < 1.29 is 19.1 Å². The van der Waals surface area contributed by atoms with Gasteiger partial charge in [0.05, 0.1) is 31.2 Å². The van der Waals surface area contributed by atoms with Crippen LogP contribution in [-0.2, 0) is 9.53 Å². The smallest absolute Gasteiger partial charge is 0.357 e. The lowest BCUT2D eigenvalue weighted by atomic mass is 10.2. The predicted molar refractivity (Wildman–Crippen MR) is 96.3 cm³/mol. The molecule has 0 saturated carbocycles. The van der Waals surface area contributed by atoms with E-state index in [0.29, 0.717) is 17.1 Å². The second kappa shape index (κ2) is 7.61. The molecule has 3 N–H and O–H groups in total. The summed E-state index contributed by atoms with van der Waals surface area (Å²) in [7, 11) is 2.70. The molecule has 0 saturated heterocycles. The van der Waals surface area contributed by atoms with Gasteiger partial charge in [-0.1, -0.05) is 13.8 Å². The molecule has 0 bridgehead atoms. The van der Waals surface area contributed by atoms with E-state index in [2.05, 4.69) is 5.32 Å². The largest absolute Gasteiger partial charge is 0.494 e. The lowest BCUT2D eigenvalue weighted by Crippen LogP contribution is -2.18. The van der Waals surface area contributed by atoms with E-state index in [0.717, 1.165) is 0 Å². The summed E-state index contributed by atoms with van der Waals surface area (Å²) in [5.74, 6) is -0.603. The maximum Gasteiger partial charge on any atom is 0.357 e. The minimum Gasteiger partial charge on any atom is -0.494 e. The van der Waals surface area contributed by atoms with Crippen LogP contribution in [0.2, 0.25) is 0 Å². The van der Waals surface area contributed by atoms with Gasteiger partial charge in [0.1, 0.15) is 11.8 Å². The van der Waals surface area contributed by atoms with E-state index in [1.165, 1.54) is 25.0 Å². The molecule has 2 aromatic rings. The van der Waals surface area contributed by atoms with Crippen LogP contribution in [0.3, 0.4) is 0 Å². The molecule has 1 aromatic heterocycles. The lowest BCUT2D eigenvalue weighted by molar-refractivity contribution is -0.118. The van der Waals surface area contributed by atoms with Crippen molar-refractivity contribution in [3.8, 4) is 17.5 Å². The third-order valence-electron chi connectivity index (χ3n) is 3.79. The zero-order valence-electron chi connectivity index (χ0n) is 15.0. The van der Waals surface area contributed by atoms with E-state index < -0.39 is 5.97 Å². The van der Waals surface area contributed by atoms with Gasteiger partial charge in [0.2, 0.25) is 5.91 Å². The molecule has 0 aliphatic rings. The Morgan fingerprint density at radius 1 is 1.31 bits per heavy atom. The van der Waals surface area contributed by atoms with E-state index in [9.17, 15) is 14.9 Å². The zero-order valence-corrected chi connectivity index (χ0v) is 15.0. The molecule has 2 rings (SSSR count). The number of nitriles is 1. The summed E-state index contributed by atoms with van der Waals surface area (Å²) in [5, 5.41) is 12.0. The first-order valence-corrected chi connectivity index (χ1v) is 7.82. The lowest BCUT2D eigenvalue weighted by Gasteiger charge is -2.15. The molecule has 0 aliphatic carbocycles. The van der Waals surface area contributed by atoms with Crippen LogP contribution < -0.4 is 15.8 Å². The molecule has 1 aromatic carbocycles. The standard InChI is InChI=1S/C18H20N4O4/c1-10(2)17(23)21-13-6-5-12(7-14(13)25-3)22-9-11(8-19)15(20)16(22)18(24)26-4/h5-7,9-10H,20H2,1-4H3,(H,21,23). The van der Waals surface area contributed by atoms with Gasteiger partial charge >= 0.3 is 5.97 Å². The first kappa shape index (κ1) is 18.9. The van der Waals surface area contributed by atoms with Crippen LogP contribution in [0, 0.1) is 17.2 Å². The molecular formula is C18H20N4O4. The van der Waals surface area contributed by atoms with Crippen LogP contribution in [0.25, 0.3) is 5.69 Å². The van der Waals surface area contributed by atoms with Gasteiger partial charge < -0.3 is 25.1 Å². The number of nitrogens with zero attached hydrogens (tertiary/aromatic N) is 2. The van der Waals surface area contributed by atoms with Crippen molar-refractivity contribution in [2.24, 2.45) is 5.92 Å². The Morgan fingerprint density at radius 3 is 2.54 bits per heavy atom. The highest BCUT2D eigenvalue weighted by molar-refractivity contribution is 5.96. The van der Waals surface area contributed by atoms with Gasteiger partial charge in [-0.05, 0) is 12.1 Å². The van der Waals surface area contributed by atoms with E-state index >= 15 is 0 Å². The van der Waals surface area contributed by atoms with Gasteiger partial charge in [0.15, 0.2) is 5.69 Å². The minimum atomic E-state index is -0.667. The third kappa shape index (κ3) is 3.47. The number of carbonyl (C=O) groups is 2. The van der Waals surface area contributed by atoms with E-state index in [1.54, 1.807) is 32.0 Å². The summed E-state index contributed by atoms with van der Waals surface area (Å²) in [4.78, 5) is 24.0. The number of hydrogen-bond donors (Lipinski definition) is 2. The Kier molecular flexibility index (Phi) is 5.52. The second-order valence-electron chi connectivity index (χ2n) is 5.81. The molecule has 1 amide bonds. The van der Waals surface area contributed by atoms with Crippen molar-refractivity contribution in [2.75, 3.05) is 25.3 Å². The fourth-order valence-electron chi connectivity index (χ4n) is 2.33. The highest BCUT2D eigenvalue weighted by atomic mass is 16.5. The number of rotatable bonds is 5. The number of carbonyl (C=O) groups excluding carboxylic acids is 2. The van der Waals surface area contributed by atoms with Crippen LogP contribution in [-0.4, -0.2) is 30.7 Å². The molecule has 0 atom stereocenters. The SMILES string of the molecule is COC(=O)c1c(N)c(C#N)cn1-c1ccc(NC(=O)C(C)C)c(OC)c1. The van der Waals surface area contributed by atoms with Gasteiger partial charge in [-0.15, -0.1) is 0 Å². The minimum absolute atomic E-state index is 0.0375. The summed E-state index contributed by atoms with van der Waals surface area (Å²) in [5.41, 5.74) is 7.16. The van der Waals surface area contributed by atoms with Crippen molar-refractivity contribution in [2.45, 2.75) is 13.8 Å². The average Bonchev–Trinajstić information content (AvgIpc) is 2.97. The fraction of sp³-hybridized carbons (Fsp3) is 0.278. The molecule has 26 heavy (non-hydrogen) atoms. The third-order valence-corrected chi connectivity index (χ3v) is 3.79. The molecule has 8 nitrogen and oxygen atoms in total. The normalized spacial score (nSPS) is 10.3. The molecule has 0 unspecified atom stereocenters. The van der Waals surface area contributed by atoms with E-state index in [4.69, 9.17) is 15.2 Å². The van der Waals surface area contributed by atoms with Crippen molar-refractivity contribution >= 4 is 23.3 Å². The number of ether oxygens (including phenoxy) is 2. The van der Waals surface area contributed by atoms with Crippen molar-refractivity contribution in [1.29, 1.82) is 5.26 Å². The molecule has 0 radical (unpaired) electrons. The van der Waals surface area contributed by atoms with Gasteiger partial charge in [0.25, 0.3) is 0 Å². The van der Waals surface area contributed by atoms with Crippen molar-refractivity contribution in [3.63, 3.8) is 0 Å². The number of nitrogens with one attached hydrogen (secondary N) is 1. The van der Waals surface area contributed by atoms with E-state index in [-0.39, 0.29) is 28.8 Å². The van der Waals surface area contributed by atoms with Crippen LogP contribution in [0.15, 0.2) is 24.4 Å². The topological polar surface area (TPSA) is 119 Å². The molecule has 0 aliphatic heterocycles. The predicted octanol–water partition coefficient (Wildman–Crippen LogP) is 2.32. The summed E-state index contributed by atoms with van der Waals surface area (Å²) >= 11 is 0. The molecular weight excluding hydrogens is 336 g/mol. The second-order valence-corrected chi connectivity index (χ2v) is 5.81. The highest BCUT2D eigenvalue weighted by Crippen LogP contribution is 2.31. The number of aromatic nitrogens is 1. The fourth-order valence-corrected chi connectivity index (χ4v) is 2.33. The van der Waals surface area contributed by atoms with Crippen LogP contribution in [0.1, 0.15) is 29.9 Å². The van der Waals surface area contributed by atoms with Crippen molar-refractivity contribution in [1.82, 2.24) is 4.57 Å². The highest BCUT2D eigenvalue weighted by Gasteiger charge is 2.22. The number of nitrogens with two attached hydrogens (primary N) is 1. The number of anilines is 2. The maximum absolute atomic E-state index is 12.1. The van der Waals surface area contributed by atoms with Gasteiger partial charge in [-0.25, -0.2) is 4.79 Å². The number of amides is 1. The molecule has 8 heteroatoms. The molecule has 1 heterocycles. The number of esters is 1. The Hall–Kier alpha value is -3.47. The molecule has 136 valence electrons. The summed E-state index contributed by atoms with van der Waals surface area (Å²) in [6.07, 6.45) is 1.45. The molecule has 0 spiro atoms. The Morgan fingerprint density at radius 2 is 2.00 bits per heavy atom. The van der Waals surface area contributed by atoms with Crippen LogP contribution in [0.4, 0.5) is 11.4 Å². The maximum atomic E-state index is 12.1. The Bertz CT molecular complexity index is 893. The van der Waals surface area contributed by atoms with Gasteiger partial charge in [-0.2, -0.15) is 5.26 Å². The number of benzene rings is 1. The summed E-state index contributed by atoms with van der Waals surface area (Å²) < 4.78 is 11.6. The summed E-state index contributed by atoms with van der Waals surface area (Å²) in [6.45, 7) is 3.57. The first-order valence-electron chi connectivity index (χ1n) is 7.82. The number of hydrogen-bond acceptors (Lipinski definition) is 6. The zero-order chi connectivity index (χ0) is 19.4. The summed E-state index contributed by atoms with van der Waals surface area (Å²) in [6, 6.07) is 6.89. The number of methoxy groups -OCH3 is 2. The Labute approximate surface area is 151 Å². The van der Waals surface area contributed by atoms with E-state index in [1.807, 2.05) is 6.07 Å². The quantitative estimate of drug-likeness (QED) is 0.794. The monoisotopic (exact) mass is 356 g/mol. The van der Waals surface area contributed by atoms with Crippen LogP contribution in [0.5, 0.6) is 5.75 Å². The molecule has 0 fully saturated rings. The van der Waals surface area contributed by atoms with Crippen LogP contribution >= 0.6 is 0 Å². The number of nitrogen functional groups attached to an aromatic ring is 1. The first-order chi connectivity index (χ1) is 12.3. The average molecular weight is 356 g/mol. The van der Waals surface area contributed by atoms with Gasteiger partial charge in [-0.3, -0.25) is 4.79 Å². The van der Waals surface area contributed by atoms with Crippen molar-refractivity contribution in [3.05, 3.63) is 35.7 Å². The van der Waals surface area contributed by atoms with Gasteiger partial charge in [0, 0.05) is 23.9 Å². The Balaban J connectivity index is 2.55.